The lowest BCUT2D eigenvalue weighted by molar-refractivity contribution is -0.118. The van der Waals surface area contributed by atoms with Gasteiger partial charge in [0.15, 0.2) is 5.78 Å². The molecule has 1 aromatic heterocycles. The van der Waals surface area contributed by atoms with E-state index in [9.17, 15) is 9.59 Å². The molecule has 0 saturated heterocycles. The minimum absolute atomic E-state index is 0.0650. The number of rotatable bonds is 1. The van der Waals surface area contributed by atoms with Gasteiger partial charge >= 0.3 is 0 Å². The predicted molar refractivity (Wildman–Crippen MR) is 101 cm³/mol. The molecule has 1 atom stereocenters. The molecule has 4 rings (SSSR count). The molecule has 0 spiro atoms. The van der Waals surface area contributed by atoms with Gasteiger partial charge < -0.3 is 11.1 Å². The molecule has 26 heavy (non-hydrogen) atoms. The molecule has 0 amide bonds. The van der Waals surface area contributed by atoms with E-state index in [4.69, 9.17) is 5.73 Å². The molecule has 6 heteroatoms. The lowest BCUT2D eigenvalue weighted by atomic mass is 9.69. The van der Waals surface area contributed by atoms with E-state index in [0.717, 1.165) is 23.2 Å². The fourth-order valence-corrected chi connectivity index (χ4v) is 4.15. The van der Waals surface area contributed by atoms with Crippen molar-refractivity contribution in [1.82, 2.24) is 9.97 Å². The van der Waals surface area contributed by atoms with Crippen molar-refractivity contribution in [3.63, 3.8) is 0 Å². The van der Waals surface area contributed by atoms with Gasteiger partial charge in [-0.2, -0.15) is 4.98 Å². The quantitative estimate of drug-likeness (QED) is 0.734. The molecule has 1 aliphatic carbocycles. The summed E-state index contributed by atoms with van der Waals surface area (Å²) in [5.74, 6) is 0.167. The summed E-state index contributed by atoms with van der Waals surface area (Å²) in [4.78, 5) is 32.7. The highest BCUT2D eigenvalue weighted by molar-refractivity contribution is 6.01. The van der Waals surface area contributed by atoms with Crippen molar-refractivity contribution < 1.29 is 4.79 Å². The molecule has 1 aromatic carbocycles. The van der Waals surface area contributed by atoms with Crippen molar-refractivity contribution in [2.75, 3.05) is 11.1 Å². The predicted octanol–water partition coefficient (Wildman–Crippen LogP) is 2.86. The summed E-state index contributed by atoms with van der Waals surface area (Å²) in [5.41, 5.74) is 9.29. The number of benzene rings is 1. The molecule has 4 N–H and O–H groups in total. The topological polar surface area (TPSA) is 101 Å². The maximum absolute atomic E-state index is 13.1. The van der Waals surface area contributed by atoms with Gasteiger partial charge in [0.05, 0.1) is 5.56 Å². The Morgan fingerprint density at radius 1 is 1.19 bits per heavy atom. The van der Waals surface area contributed by atoms with Crippen molar-refractivity contribution >= 4 is 17.5 Å². The molecule has 0 bridgehead atoms. The minimum Gasteiger partial charge on any atom is -0.369 e. The third-order valence-corrected chi connectivity index (χ3v) is 5.24. The van der Waals surface area contributed by atoms with Crippen molar-refractivity contribution in [1.29, 1.82) is 0 Å². The van der Waals surface area contributed by atoms with Gasteiger partial charge in [-0.15, -0.1) is 0 Å². The number of ketones is 1. The molecular formula is C20H22N4O2. The Kier molecular flexibility index (Phi) is 3.54. The van der Waals surface area contributed by atoms with Gasteiger partial charge in [0.25, 0.3) is 5.56 Å². The highest BCUT2D eigenvalue weighted by Crippen LogP contribution is 2.47. The van der Waals surface area contributed by atoms with Crippen LogP contribution in [-0.2, 0) is 4.79 Å². The van der Waals surface area contributed by atoms with Crippen LogP contribution in [0, 0.1) is 12.3 Å². The van der Waals surface area contributed by atoms with Crippen molar-refractivity contribution in [3.05, 3.63) is 62.6 Å². The molecule has 6 nitrogen and oxygen atoms in total. The van der Waals surface area contributed by atoms with Crippen LogP contribution in [0.1, 0.15) is 49.3 Å². The van der Waals surface area contributed by atoms with Crippen molar-refractivity contribution in [2.24, 2.45) is 5.41 Å². The number of aromatic nitrogens is 2. The number of nitrogens with one attached hydrogen (secondary N) is 2. The molecule has 1 aliphatic heterocycles. The summed E-state index contributed by atoms with van der Waals surface area (Å²) in [6.07, 6.45) is 1.19. The number of H-pyrrole nitrogens is 1. The first-order valence-corrected chi connectivity index (χ1v) is 8.75. The summed E-state index contributed by atoms with van der Waals surface area (Å²) >= 11 is 0. The maximum Gasteiger partial charge on any atom is 0.258 e. The standard InChI is InChI=1S/C20H22N4O2/c1-10-6-4-5-7-11(10)14-15-12(8-20(2,3)9-13(15)25)22-17-16(14)18(26)24-19(21)23-17/h4-7,14H,8-9H2,1-3H3,(H4,21,22,23,24,26)/t14-/m0/s1. The van der Waals surface area contributed by atoms with Crippen LogP contribution in [0.3, 0.4) is 0 Å². The number of fused-ring (bicyclic) bond motifs is 1. The Bertz CT molecular complexity index is 1020. The Hall–Kier alpha value is -2.89. The smallest absolute Gasteiger partial charge is 0.258 e. The van der Waals surface area contributed by atoms with Gasteiger partial charge in [-0.25, -0.2) is 0 Å². The summed E-state index contributed by atoms with van der Waals surface area (Å²) < 4.78 is 0. The number of nitrogens with two attached hydrogens (primary N) is 1. The minimum atomic E-state index is -0.428. The second kappa shape index (κ2) is 5.56. The first kappa shape index (κ1) is 16.6. The van der Waals surface area contributed by atoms with Crippen LogP contribution >= 0.6 is 0 Å². The first-order valence-electron chi connectivity index (χ1n) is 8.75. The summed E-state index contributed by atoms with van der Waals surface area (Å²) in [6, 6.07) is 7.85. The molecule has 134 valence electrons. The van der Waals surface area contributed by atoms with Crippen molar-refractivity contribution in [2.45, 2.75) is 39.5 Å². The van der Waals surface area contributed by atoms with Crippen LogP contribution in [-0.4, -0.2) is 15.8 Å². The largest absolute Gasteiger partial charge is 0.369 e. The Morgan fingerprint density at radius 3 is 2.65 bits per heavy atom. The maximum atomic E-state index is 13.1. The van der Waals surface area contributed by atoms with Crippen LogP contribution < -0.4 is 16.6 Å². The molecule has 2 aliphatic rings. The van der Waals surface area contributed by atoms with E-state index in [1.807, 2.05) is 31.2 Å². The number of anilines is 2. The highest BCUT2D eigenvalue weighted by atomic mass is 16.1. The molecular weight excluding hydrogens is 328 g/mol. The van der Waals surface area contributed by atoms with Gasteiger partial charge in [-0.1, -0.05) is 38.1 Å². The Morgan fingerprint density at radius 2 is 1.92 bits per heavy atom. The van der Waals surface area contributed by atoms with Crippen LogP contribution in [0.25, 0.3) is 0 Å². The number of aromatic amines is 1. The normalized spacial score (nSPS) is 21.0. The molecule has 2 heterocycles. The number of aryl methyl sites for hydroxylation is 1. The molecule has 0 unspecified atom stereocenters. The van der Waals surface area contributed by atoms with Gasteiger partial charge in [-0.05, 0) is 29.9 Å². The van der Waals surface area contributed by atoms with E-state index < -0.39 is 5.92 Å². The number of hydrogen-bond donors (Lipinski definition) is 3. The fourth-order valence-electron chi connectivity index (χ4n) is 4.15. The zero-order valence-corrected chi connectivity index (χ0v) is 15.1. The third kappa shape index (κ3) is 2.53. The summed E-state index contributed by atoms with van der Waals surface area (Å²) in [5, 5.41) is 3.23. The van der Waals surface area contributed by atoms with Crippen LogP contribution in [0.2, 0.25) is 0 Å². The average Bonchev–Trinajstić information content (AvgIpc) is 2.52. The number of Topliss-reactive ketones (excluding diaryl/α,β-unsaturated/α-hetero) is 1. The van der Waals surface area contributed by atoms with Crippen LogP contribution in [0.5, 0.6) is 0 Å². The Labute approximate surface area is 151 Å². The SMILES string of the molecule is Cc1ccccc1[C@H]1C2=C(CC(C)(C)CC2=O)Nc2nc(N)[nH]c(=O)c21. The number of nitrogens with zero attached hydrogens (tertiary/aromatic N) is 1. The monoisotopic (exact) mass is 350 g/mol. The van der Waals surface area contributed by atoms with Gasteiger partial charge in [0.2, 0.25) is 5.95 Å². The summed E-state index contributed by atoms with van der Waals surface area (Å²) in [7, 11) is 0. The number of carbonyl (C=O) groups is 1. The van der Waals surface area contributed by atoms with Gasteiger partial charge in [0.1, 0.15) is 5.82 Å². The summed E-state index contributed by atoms with van der Waals surface area (Å²) in [6.45, 7) is 6.15. The molecule has 2 aromatic rings. The van der Waals surface area contributed by atoms with Crippen LogP contribution in [0.15, 0.2) is 40.3 Å². The number of allylic oxidation sites excluding steroid dienone is 2. The lowest BCUT2D eigenvalue weighted by Gasteiger charge is -2.38. The first-order chi connectivity index (χ1) is 12.3. The van der Waals surface area contributed by atoms with E-state index in [2.05, 4.69) is 29.1 Å². The second-order valence-corrected chi connectivity index (χ2v) is 7.96. The van der Waals surface area contributed by atoms with E-state index in [-0.39, 0.29) is 22.7 Å². The van der Waals surface area contributed by atoms with Crippen LogP contribution in [0.4, 0.5) is 11.8 Å². The zero-order chi connectivity index (χ0) is 18.6. The molecule has 0 saturated carbocycles. The van der Waals surface area contributed by atoms with Crippen molar-refractivity contribution in [3.8, 4) is 0 Å². The number of nitrogen functional groups attached to an aromatic ring is 1. The van der Waals surface area contributed by atoms with E-state index in [1.54, 1.807) is 0 Å². The van der Waals surface area contributed by atoms with Gasteiger partial charge in [-0.3, -0.25) is 14.6 Å². The lowest BCUT2D eigenvalue weighted by Crippen LogP contribution is -2.37. The molecule has 0 fully saturated rings. The van der Waals surface area contributed by atoms with E-state index in [0.29, 0.717) is 23.4 Å². The zero-order valence-electron chi connectivity index (χ0n) is 15.1. The van der Waals surface area contributed by atoms with E-state index >= 15 is 0 Å². The fraction of sp³-hybridized carbons (Fsp3) is 0.350. The second-order valence-electron chi connectivity index (χ2n) is 7.96. The Balaban J connectivity index is 2.03. The van der Waals surface area contributed by atoms with Gasteiger partial charge in [0, 0.05) is 23.6 Å². The highest BCUT2D eigenvalue weighted by Gasteiger charge is 2.42. The molecule has 0 radical (unpaired) electrons. The number of carbonyl (C=O) groups excluding carboxylic acids is 1. The van der Waals surface area contributed by atoms with E-state index in [1.165, 1.54) is 0 Å². The number of hydrogen-bond acceptors (Lipinski definition) is 5. The average molecular weight is 350 g/mol. The third-order valence-electron chi connectivity index (χ3n) is 5.24.